The first kappa shape index (κ1) is 28.3. The zero-order valence-electron chi connectivity index (χ0n) is 20.9. The zero-order valence-corrected chi connectivity index (χ0v) is 20.9. The number of anilines is 1. The number of rotatable bonds is 4. The Morgan fingerprint density at radius 3 is 1.66 bits per heavy atom. The Balaban J connectivity index is 1.75. The number of nitrogens with one attached hydrogen (secondary N) is 1. The molecule has 214 valence electrons. The molecule has 0 spiro atoms. The van der Waals surface area contributed by atoms with Crippen LogP contribution in [0.2, 0.25) is 0 Å². The van der Waals surface area contributed by atoms with Crippen molar-refractivity contribution in [2.24, 2.45) is 11.8 Å². The second-order valence-electron chi connectivity index (χ2n) is 9.60. The van der Waals surface area contributed by atoms with Crippen LogP contribution in [-0.4, -0.2) is 30.9 Å². The van der Waals surface area contributed by atoms with E-state index in [0.717, 1.165) is 84.8 Å². The van der Waals surface area contributed by atoms with Gasteiger partial charge in [0, 0.05) is 0 Å². The molecular formula is C28H19F7N2O4. The van der Waals surface area contributed by atoms with E-state index in [1.165, 1.54) is 0 Å². The highest BCUT2D eigenvalue weighted by atomic mass is 19.4. The van der Waals surface area contributed by atoms with Crippen molar-refractivity contribution in [2.45, 2.75) is 23.9 Å². The van der Waals surface area contributed by atoms with E-state index in [9.17, 15) is 45.1 Å². The van der Waals surface area contributed by atoms with Gasteiger partial charge in [-0.25, -0.2) is 9.29 Å². The van der Waals surface area contributed by atoms with Crippen molar-refractivity contribution in [3.8, 4) is 0 Å². The van der Waals surface area contributed by atoms with E-state index in [-0.39, 0.29) is 16.8 Å². The third-order valence-corrected chi connectivity index (χ3v) is 7.43. The third kappa shape index (κ3) is 4.53. The number of benzene rings is 3. The standard InChI is InChI=1S/C28H19F7N2O4/c1-41-25(40)22-20-21(24(39)37(23(20)38)19-12-10-18(29)11-13-19)26(36-22,14-2-6-16(7-3-14)27(30,31)32)15-4-8-17(9-5-15)28(33,34)35/h2-13,20-22,36H,1H3/t20-,21+,22-/m1/s1. The lowest BCUT2D eigenvalue weighted by atomic mass is 9.71. The summed E-state index contributed by atoms with van der Waals surface area (Å²) in [5.41, 5.74) is -4.09. The second kappa shape index (κ2) is 9.68. The Hall–Kier alpha value is -4.26. The fourth-order valence-electron chi connectivity index (χ4n) is 5.62. The summed E-state index contributed by atoms with van der Waals surface area (Å²) in [6, 6.07) is 9.81. The Morgan fingerprint density at radius 2 is 1.24 bits per heavy atom. The molecule has 3 aromatic rings. The van der Waals surface area contributed by atoms with Gasteiger partial charge in [0.25, 0.3) is 0 Å². The lowest BCUT2D eigenvalue weighted by Crippen LogP contribution is -2.52. The van der Waals surface area contributed by atoms with Crippen LogP contribution in [0, 0.1) is 17.7 Å². The molecule has 0 saturated carbocycles. The van der Waals surface area contributed by atoms with Crippen LogP contribution in [0.1, 0.15) is 22.3 Å². The van der Waals surface area contributed by atoms with Gasteiger partial charge in [0.1, 0.15) is 11.9 Å². The molecule has 5 rings (SSSR count). The summed E-state index contributed by atoms with van der Waals surface area (Å²) in [5, 5.41) is 2.88. The molecule has 13 heteroatoms. The number of imide groups is 1. The van der Waals surface area contributed by atoms with Crippen LogP contribution < -0.4 is 10.2 Å². The maximum atomic E-state index is 14.0. The van der Waals surface area contributed by atoms with Crippen LogP contribution in [0.25, 0.3) is 0 Å². The number of fused-ring (bicyclic) bond motifs is 1. The fraction of sp³-hybridized carbons (Fsp3) is 0.250. The molecule has 2 amide bonds. The molecule has 2 aliphatic heterocycles. The number of carbonyl (C=O) groups is 3. The van der Waals surface area contributed by atoms with Gasteiger partial charge in [-0.2, -0.15) is 26.3 Å². The average molecular weight is 580 g/mol. The predicted molar refractivity (Wildman–Crippen MR) is 128 cm³/mol. The largest absolute Gasteiger partial charge is 0.468 e. The SMILES string of the molecule is COC(=O)[C@@H]1NC(c2ccc(C(F)(F)F)cc2)(c2ccc(C(F)(F)F)cc2)[C@@H]2C(=O)N(c3ccc(F)cc3)C(=O)[C@H]21. The first-order valence-corrected chi connectivity index (χ1v) is 12.0. The normalized spacial score (nSPS) is 22.1. The summed E-state index contributed by atoms with van der Waals surface area (Å²) in [4.78, 5) is 41.3. The third-order valence-electron chi connectivity index (χ3n) is 7.43. The summed E-state index contributed by atoms with van der Waals surface area (Å²) in [5.74, 6) is -6.41. The molecule has 3 aromatic carbocycles. The molecule has 0 unspecified atom stereocenters. The van der Waals surface area contributed by atoms with Crippen LogP contribution in [0.5, 0.6) is 0 Å². The van der Waals surface area contributed by atoms with Crippen LogP contribution in [0.3, 0.4) is 0 Å². The molecule has 6 nitrogen and oxygen atoms in total. The molecule has 2 heterocycles. The van der Waals surface area contributed by atoms with Gasteiger partial charge in [0.05, 0.1) is 41.3 Å². The topological polar surface area (TPSA) is 75.7 Å². The Bertz CT molecular complexity index is 1440. The lowest BCUT2D eigenvalue weighted by molar-refractivity contribution is -0.145. The molecule has 41 heavy (non-hydrogen) atoms. The van der Waals surface area contributed by atoms with E-state index in [1.807, 2.05) is 0 Å². The molecule has 0 bridgehead atoms. The minimum Gasteiger partial charge on any atom is -0.468 e. The van der Waals surface area contributed by atoms with E-state index in [0.29, 0.717) is 0 Å². The summed E-state index contributed by atoms with van der Waals surface area (Å²) in [6.45, 7) is 0. The number of carbonyl (C=O) groups excluding carboxylic acids is 3. The highest BCUT2D eigenvalue weighted by Crippen LogP contribution is 2.53. The van der Waals surface area contributed by atoms with E-state index in [2.05, 4.69) is 5.32 Å². The van der Waals surface area contributed by atoms with Crippen molar-refractivity contribution in [1.29, 1.82) is 0 Å². The van der Waals surface area contributed by atoms with E-state index >= 15 is 0 Å². The number of hydrogen-bond donors (Lipinski definition) is 1. The number of esters is 1. The quantitative estimate of drug-likeness (QED) is 0.266. The first-order valence-electron chi connectivity index (χ1n) is 12.0. The minimum atomic E-state index is -4.72. The molecule has 1 N–H and O–H groups in total. The zero-order chi connectivity index (χ0) is 29.9. The molecule has 0 aliphatic carbocycles. The predicted octanol–water partition coefficient (Wildman–Crippen LogP) is 5.06. The summed E-state index contributed by atoms with van der Waals surface area (Å²) in [7, 11) is 1.02. The van der Waals surface area contributed by atoms with Gasteiger partial charge < -0.3 is 4.74 Å². The smallest absolute Gasteiger partial charge is 0.416 e. The highest BCUT2D eigenvalue weighted by Gasteiger charge is 2.68. The number of amides is 2. The van der Waals surface area contributed by atoms with E-state index < -0.39 is 70.5 Å². The highest BCUT2D eigenvalue weighted by molar-refractivity contribution is 6.24. The molecular weight excluding hydrogens is 561 g/mol. The second-order valence-corrected chi connectivity index (χ2v) is 9.60. The van der Waals surface area contributed by atoms with E-state index in [1.54, 1.807) is 0 Å². The van der Waals surface area contributed by atoms with Crippen LogP contribution in [0.15, 0.2) is 72.8 Å². The summed E-state index contributed by atoms with van der Waals surface area (Å²) >= 11 is 0. The van der Waals surface area contributed by atoms with Crippen molar-refractivity contribution in [1.82, 2.24) is 5.32 Å². The Labute approximate surface area is 227 Å². The number of halogens is 7. The Morgan fingerprint density at radius 1 is 0.780 bits per heavy atom. The lowest BCUT2D eigenvalue weighted by Gasteiger charge is -2.36. The molecule has 3 atom stereocenters. The van der Waals surface area contributed by atoms with Crippen LogP contribution in [-0.2, 0) is 37.0 Å². The monoisotopic (exact) mass is 580 g/mol. The fourth-order valence-corrected chi connectivity index (χ4v) is 5.62. The number of alkyl halides is 6. The van der Waals surface area contributed by atoms with Gasteiger partial charge >= 0.3 is 18.3 Å². The summed E-state index contributed by atoms with van der Waals surface area (Å²) < 4.78 is 98.6. The van der Waals surface area contributed by atoms with Gasteiger partial charge in [0.15, 0.2) is 0 Å². The average Bonchev–Trinajstić information content (AvgIpc) is 3.42. The molecule has 2 saturated heterocycles. The maximum absolute atomic E-state index is 14.0. The van der Waals surface area contributed by atoms with E-state index in [4.69, 9.17) is 4.74 Å². The summed E-state index contributed by atoms with van der Waals surface area (Å²) in [6.07, 6.45) is -9.45. The van der Waals surface area contributed by atoms with Crippen molar-refractivity contribution >= 4 is 23.5 Å². The minimum absolute atomic E-state index is 0.0197. The number of methoxy groups -OCH3 is 1. The molecule has 0 radical (unpaired) electrons. The van der Waals surface area contributed by atoms with Crippen molar-refractivity contribution < 1.29 is 49.9 Å². The van der Waals surface area contributed by atoms with Gasteiger partial charge in [0.2, 0.25) is 11.8 Å². The van der Waals surface area contributed by atoms with Gasteiger partial charge in [-0.3, -0.25) is 19.7 Å². The van der Waals surface area contributed by atoms with Gasteiger partial charge in [-0.15, -0.1) is 0 Å². The number of ether oxygens (including phenoxy) is 1. The van der Waals surface area contributed by atoms with Gasteiger partial charge in [-0.05, 0) is 59.7 Å². The van der Waals surface area contributed by atoms with Crippen molar-refractivity contribution in [3.63, 3.8) is 0 Å². The first-order chi connectivity index (χ1) is 19.2. The number of hydrogen-bond acceptors (Lipinski definition) is 5. The molecule has 2 aliphatic rings. The van der Waals surface area contributed by atoms with Crippen molar-refractivity contribution in [2.75, 3.05) is 12.0 Å². The number of nitrogens with zero attached hydrogens (tertiary/aromatic N) is 1. The van der Waals surface area contributed by atoms with Crippen molar-refractivity contribution in [3.05, 3.63) is 101 Å². The molecule has 0 aromatic heterocycles. The van der Waals surface area contributed by atoms with Crippen LogP contribution >= 0.6 is 0 Å². The van der Waals surface area contributed by atoms with Crippen LogP contribution in [0.4, 0.5) is 36.4 Å². The Kier molecular flexibility index (Phi) is 6.68. The van der Waals surface area contributed by atoms with Gasteiger partial charge in [-0.1, -0.05) is 24.3 Å². The maximum Gasteiger partial charge on any atom is 0.416 e. The molecule has 2 fully saturated rings.